The molecule has 0 spiro atoms. The average Bonchev–Trinajstić information content (AvgIpc) is 2.89. The van der Waals surface area contributed by atoms with Crippen molar-refractivity contribution in [1.82, 2.24) is 4.90 Å². The maximum absolute atomic E-state index is 9.12. The van der Waals surface area contributed by atoms with Gasteiger partial charge in [0, 0.05) is 29.4 Å². The number of hydrogen-bond donors (Lipinski definition) is 1. The molecule has 6 heteroatoms. The van der Waals surface area contributed by atoms with Gasteiger partial charge in [0.2, 0.25) is 0 Å². The lowest BCUT2D eigenvalue weighted by molar-refractivity contribution is 0.186. The van der Waals surface area contributed by atoms with Crippen LogP contribution >= 0.6 is 45.9 Å². The standard InChI is InChI=1S/C12H13Cl2NOS2/c13-11-3-1-9(17-11)7-15(5-6-16)8-10-2-4-12(14)18-10/h1-4,16H,5-8H2. The van der Waals surface area contributed by atoms with Gasteiger partial charge in [-0.2, -0.15) is 0 Å². The first-order valence-corrected chi connectivity index (χ1v) is 7.88. The summed E-state index contributed by atoms with van der Waals surface area (Å²) in [5, 5.41) is 9.12. The van der Waals surface area contributed by atoms with Crippen LogP contribution in [-0.4, -0.2) is 23.2 Å². The Morgan fingerprint density at radius 1 is 0.944 bits per heavy atom. The number of nitrogens with zero attached hydrogens (tertiary/aromatic N) is 1. The van der Waals surface area contributed by atoms with Gasteiger partial charge in [0.15, 0.2) is 0 Å². The maximum atomic E-state index is 9.12. The predicted octanol–water partition coefficient (Wildman–Crippen LogP) is 4.11. The highest BCUT2D eigenvalue weighted by molar-refractivity contribution is 7.16. The van der Waals surface area contributed by atoms with Crippen molar-refractivity contribution in [1.29, 1.82) is 0 Å². The molecule has 0 aliphatic carbocycles. The van der Waals surface area contributed by atoms with E-state index in [4.69, 9.17) is 28.3 Å². The van der Waals surface area contributed by atoms with Gasteiger partial charge in [0.05, 0.1) is 15.3 Å². The third kappa shape index (κ3) is 4.23. The smallest absolute Gasteiger partial charge is 0.0931 e. The number of rotatable bonds is 6. The molecule has 18 heavy (non-hydrogen) atoms. The van der Waals surface area contributed by atoms with Crippen molar-refractivity contribution in [3.05, 3.63) is 42.7 Å². The Balaban J connectivity index is 1.99. The van der Waals surface area contributed by atoms with Crippen molar-refractivity contribution in [3.8, 4) is 0 Å². The quantitative estimate of drug-likeness (QED) is 0.865. The van der Waals surface area contributed by atoms with E-state index >= 15 is 0 Å². The lowest BCUT2D eigenvalue weighted by Gasteiger charge is -2.19. The third-order valence-corrected chi connectivity index (χ3v) is 4.86. The van der Waals surface area contributed by atoms with Crippen LogP contribution in [0.3, 0.4) is 0 Å². The molecule has 0 saturated heterocycles. The topological polar surface area (TPSA) is 23.5 Å². The fourth-order valence-corrected chi connectivity index (χ4v) is 3.93. The van der Waals surface area contributed by atoms with Gasteiger partial charge in [0.1, 0.15) is 0 Å². The molecular weight excluding hydrogens is 309 g/mol. The van der Waals surface area contributed by atoms with Crippen molar-refractivity contribution < 1.29 is 5.11 Å². The van der Waals surface area contributed by atoms with Crippen molar-refractivity contribution >= 4 is 45.9 Å². The van der Waals surface area contributed by atoms with E-state index in [1.165, 1.54) is 9.75 Å². The largest absolute Gasteiger partial charge is 0.395 e. The molecule has 2 aromatic heterocycles. The summed E-state index contributed by atoms with van der Waals surface area (Å²) in [4.78, 5) is 4.59. The molecule has 98 valence electrons. The van der Waals surface area contributed by atoms with E-state index in [0.29, 0.717) is 6.54 Å². The highest BCUT2D eigenvalue weighted by atomic mass is 35.5. The van der Waals surface area contributed by atoms with Crippen LogP contribution in [0.5, 0.6) is 0 Å². The second-order valence-electron chi connectivity index (χ2n) is 3.85. The number of aliphatic hydroxyl groups excluding tert-OH is 1. The Labute approximate surface area is 124 Å². The molecule has 2 rings (SSSR count). The van der Waals surface area contributed by atoms with Crippen LogP contribution < -0.4 is 0 Å². The number of halogens is 2. The predicted molar refractivity (Wildman–Crippen MR) is 79.9 cm³/mol. The van der Waals surface area contributed by atoms with Gasteiger partial charge in [-0.05, 0) is 24.3 Å². The second-order valence-corrected chi connectivity index (χ2v) is 7.45. The molecule has 0 fully saturated rings. The van der Waals surface area contributed by atoms with Crippen molar-refractivity contribution in [2.45, 2.75) is 13.1 Å². The minimum atomic E-state index is 0.151. The lowest BCUT2D eigenvalue weighted by atomic mass is 10.3. The summed E-state index contributed by atoms with van der Waals surface area (Å²) in [7, 11) is 0. The van der Waals surface area contributed by atoms with Gasteiger partial charge in [0.25, 0.3) is 0 Å². The molecule has 0 amide bonds. The van der Waals surface area contributed by atoms with E-state index in [0.717, 1.165) is 21.8 Å². The molecule has 0 atom stereocenters. The highest BCUT2D eigenvalue weighted by Gasteiger charge is 2.09. The highest BCUT2D eigenvalue weighted by Crippen LogP contribution is 2.25. The minimum absolute atomic E-state index is 0.151. The molecule has 2 nitrogen and oxygen atoms in total. The Morgan fingerprint density at radius 3 is 1.78 bits per heavy atom. The van der Waals surface area contributed by atoms with Crippen LogP contribution in [0.4, 0.5) is 0 Å². The SMILES string of the molecule is OCCN(Cc1ccc(Cl)s1)Cc1ccc(Cl)s1. The third-order valence-electron chi connectivity index (χ3n) is 2.43. The molecule has 0 saturated carbocycles. The van der Waals surface area contributed by atoms with Gasteiger partial charge < -0.3 is 5.11 Å². The van der Waals surface area contributed by atoms with E-state index in [1.807, 2.05) is 24.3 Å². The van der Waals surface area contributed by atoms with Gasteiger partial charge in [-0.25, -0.2) is 0 Å². The molecule has 0 aromatic carbocycles. The van der Waals surface area contributed by atoms with Gasteiger partial charge in [-0.1, -0.05) is 23.2 Å². The van der Waals surface area contributed by atoms with Crippen LogP contribution in [0.2, 0.25) is 8.67 Å². The fraction of sp³-hybridized carbons (Fsp3) is 0.333. The minimum Gasteiger partial charge on any atom is -0.395 e. The van der Waals surface area contributed by atoms with Crippen LogP contribution in [0, 0.1) is 0 Å². The molecule has 2 aromatic rings. The van der Waals surface area contributed by atoms with Crippen LogP contribution in [0.15, 0.2) is 24.3 Å². The van der Waals surface area contributed by atoms with Gasteiger partial charge in [-0.15, -0.1) is 22.7 Å². The fourth-order valence-electron chi connectivity index (χ4n) is 1.67. The summed E-state index contributed by atoms with van der Waals surface area (Å²) in [5.41, 5.74) is 0. The zero-order chi connectivity index (χ0) is 13.0. The summed E-state index contributed by atoms with van der Waals surface area (Å²) >= 11 is 15.0. The summed E-state index contributed by atoms with van der Waals surface area (Å²) < 4.78 is 1.60. The van der Waals surface area contributed by atoms with Gasteiger partial charge >= 0.3 is 0 Å². The van der Waals surface area contributed by atoms with Crippen LogP contribution in [-0.2, 0) is 13.1 Å². The number of thiophene rings is 2. The zero-order valence-corrected chi connectivity index (χ0v) is 12.7. The molecule has 1 N–H and O–H groups in total. The first-order chi connectivity index (χ1) is 8.67. The monoisotopic (exact) mass is 321 g/mol. The number of hydrogen-bond acceptors (Lipinski definition) is 4. The van der Waals surface area contributed by atoms with E-state index < -0.39 is 0 Å². The Morgan fingerprint density at radius 2 is 1.44 bits per heavy atom. The molecular formula is C12H13Cl2NOS2. The summed E-state index contributed by atoms with van der Waals surface area (Å²) in [6.07, 6.45) is 0. The van der Waals surface area contributed by atoms with E-state index in [9.17, 15) is 0 Å². The summed E-state index contributed by atoms with van der Waals surface area (Å²) in [6.45, 7) is 2.39. The molecule has 0 radical (unpaired) electrons. The lowest BCUT2D eigenvalue weighted by Crippen LogP contribution is -2.25. The van der Waals surface area contributed by atoms with Crippen molar-refractivity contribution in [2.24, 2.45) is 0 Å². The van der Waals surface area contributed by atoms with Crippen molar-refractivity contribution in [2.75, 3.05) is 13.2 Å². The Bertz CT molecular complexity index is 455. The van der Waals surface area contributed by atoms with E-state index in [-0.39, 0.29) is 6.61 Å². The van der Waals surface area contributed by atoms with Crippen LogP contribution in [0.1, 0.15) is 9.75 Å². The zero-order valence-electron chi connectivity index (χ0n) is 9.60. The summed E-state index contributed by atoms with van der Waals surface area (Å²) in [6, 6.07) is 7.86. The van der Waals surface area contributed by atoms with E-state index in [2.05, 4.69) is 4.90 Å². The number of aliphatic hydroxyl groups is 1. The Kier molecular flexibility index (Phi) is 5.48. The average molecular weight is 322 g/mol. The van der Waals surface area contributed by atoms with Crippen molar-refractivity contribution in [3.63, 3.8) is 0 Å². The first-order valence-electron chi connectivity index (χ1n) is 5.49. The molecule has 0 unspecified atom stereocenters. The Hall–Kier alpha value is -0.100. The first kappa shape index (κ1) is 14.3. The molecule has 0 aliphatic heterocycles. The summed E-state index contributed by atoms with van der Waals surface area (Å²) in [5.74, 6) is 0. The van der Waals surface area contributed by atoms with E-state index in [1.54, 1.807) is 22.7 Å². The molecule has 0 aliphatic rings. The van der Waals surface area contributed by atoms with Gasteiger partial charge in [-0.3, -0.25) is 4.90 Å². The second kappa shape index (κ2) is 6.89. The maximum Gasteiger partial charge on any atom is 0.0931 e. The van der Waals surface area contributed by atoms with Crippen LogP contribution in [0.25, 0.3) is 0 Å². The molecule has 0 bridgehead atoms. The molecule has 2 heterocycles. The normalized spacial score (nSPS) is 11.3.